The van der Waals surface area contributed by atoms with Crippen molar-refractivity contribution in [3.8, 4) is 0 Å². The molecule has 0 radical (unpaired) electrons. The molecule has 492 valence electrons. The first-order valence-corrected chi connectivity index (χ1v) is 25.9. The summed E-state index contributed by atoms with van der Waals surface area (Å²) >= 11 is 0. The molecule has 33 nitrogen and oxygen atoms in total. The van der Waals surface area contributed by atoms with E-state index < -0.39 is 85.9 Å². The lowest BCUT2D eigenvalue weighted by Gasteiger charge is -2.18. The zero-order chi connectivity index (χ0) is 63.1. The average Bonchev–Trinajstić information content (AvgIpc) is 3.48. The van der Waals surface area contributed by atoms with Crippen molar-refractivity contribution in [2.24, 2.45) is 0 Å². The summed E-state index contributed by atoms with van der Waals surface area (Å²) in [4.78, 5) is 106. The minimum Gasteiger partial charge on any atom is -0.423 e. The van der Waals surface area contributed by atoms with Crippen molar-refractivity contribution in [2.45, 2.75) is 38.1 Å². The molecule has 0 fully saturated rings. The number of ether oxygens (including phenoxy) is 24. The summed E-state index contributed by atoms with van der Waals surface area (Å²) in [5.41, 5.74) is 0. The zero-order valence-electron chi connectivity index (χ0n) is 49.9. The zero-order valence-corrected chi connectivity index (χ0v) is 49.9. The van der Waals surface area contributed by atoms with Crippen molar-refractivity contribution in [3.63, 3.8) is 0 Å². The lowest BCUT2D eigenvalue weighted by atomic mass is 10.3. The molecular weight excluding hydrogens is 1140 g/mol. The number of carbonyl (C=O) groups is 9. The van der Waals surface area contributed by atoms with Crippen LogP contribution in [0.5, 0.6) is 0 Å². The highest BCUT2D eigenvalue weighted by atomic mass is 16.7. The first-order chi connectivity index (χ1) is 40.6. The second kappa shape index (κ2) is 64.1. The lowest BCUT2D eigenvalue weighted by Crippen LogP contribution is -2.31. The number of esters is 6. The minimum absolute atomic E-state index is 0.142. The van der Waals surface area contributed by atoms with Crippen molar-refractivity contribution in [1.29, 1.82) is 0 Å². The largest absolute Gasteiger partial charge is 0.423 e. The maximum Gasteiger partial charge on any atom is 0.335 e. The molecule has 33 heteroatoms. The van der Waals surface area contributed by atoms with E-state index in [-0.39, 0.29) is 124 Å². The van der Waals surface area contributed by atoms with Crippen LogP contribution in [0, 0.1) is 0 Å². The van der Waals surface area contributed by atoms with Gasteiger partial charge < -0.3 is 114 Å². The minimum atomic E-state index is -1.46. The van der Waals surface area contributed by atoms with Gasteiger partial charge in [0.05, 0.1) is 138 Å². The molecule has 0 unspecified atom stereocenters. The Balaban J connectivity index is -0.00000124. The maximum absolute atomic E-state index is 12.2. The topological polar surface area (TPSA) is 375 Å². The van der Waals surface area contributed by atoms with Gasteiger partial charge in [-0.25, -0.2) is 28.8 Å². The third kappa shape index (κ3) is 61.7. The van der Waals surface area contributed by atoms with Gasteiger partial charge >= 0.3 is 35.8 Å². The van der Waals surface area contributed by atoms with Crippen LogP contribution in [0.2, 0.25) is 0 Å². The molecule has 0 aliphatic rings. The van der Waals surface area contributed by atoms with Crippen molar-refractivity contribution >= 4 is 53.2 Å². The van der Waals surface area contributed by atoms with E-state index in [9.17, 15) is 43.2 Å². The van der Waals surface area contributed by atoms with Crippen LogP contribution in [0.3, 0.4) is 0 Å². The fourth-order valence-electron chi connectivity index (χ4n) is 5.04. The molecule has 0 bridgehead atoms. The van der Waals surface area contributed by atoms with Crippen LogP contribution in [-0.4, -0.2) is 314 Å². The Morgan fingerprint density at radius 1 is 0.202 bits per heavy atom. The molecule has 0 aliphatic carbocycles. The van der Waals surface area contributed by atoms with Crippen molar-refractivity contribution in [3.05, 3.63) is 0 Å². The van der Waals surface area contributed by atoms with E-state index >= 15 is 0 Å². The van der Waals surface area contributed by atoms with Crippen LogP contribution < -0.4 is 0 Å². The highest BCUT2D eigenvalue weighted by Gasteiger charge is 2.26. The predicted molar refractivity (Wildman–Crippen MR) is 281 cm³/mol. The van der Waals surface area contributed by atoms with Gasteiger partial charge in [0.25, 0.3) is 18.9 Å². The SMILES string of the molecule is COCC(=O)CC(OC(=O)COC)OC(=O)COC.COCCOCC(=O)CC(OC(=O)COCCOC)OC(=O)COCCOC.COCCOCCOCC(=O)CC(OC(=O)COCCOCCOC)OC(=O)COCCOCCOC. The lowest BCUT2D eigenvalue weighted by molar-refractivity contribution is -0.197. The van der Waals surface area contributed by atoms with Gasteiger partial charge in [0, 0.05) is 64.0 Å². The van der Waals surface area contributed by atoms with E-state index in [0.29, 0.717) is 59.5 Å². The van der Waals surface area contributed by atoms with Crippen LogP contribution in [0.25, 0.3) is 0 Å². The predicted octanol–water partition coefficient (Wildman–Crippen LogP) is -1.96. The first-order valence-electron chi connectivity index (χ1n) is 25.9. The number of carbonyl (C=O) groups excluding carboxylic acids is 9. The normalized spacial score (nSPS) is 10.9. The summed E-state index contributed by atoms with van der Waals surface area (Å²) in [5.74, 6) is -5.94. The molecule has 84 heavy (non-hydrogen) atoms. The molecule has 0 saturated carbocycles. The van der Waals surface area contributed by atoms with Crippen LogP contribution in [0.15, 0.2) is 0 Å². The first kappa shape index (κ1) is 83.3. The second-order valence-corrected chi connectivity index (χ2v) is 15.9. The highest BCUT2D eigenvalue weighted by Crippen LogP contribution is 2.08. The Morgan fingerprint density at radius 2 is 0.381 bits per heavy atom. The quantitative estimate of drug-likeness (QED) is 0.0276. The maximum atomic E-state index is 12.2. The molecule has 0 heterocycles. The highest BCUT2D eigenvalue weighted by molar-refractivity contribution is 5.82. The Hall–Kier alpha value is -4.89. The Morgan fingerprint density at radius 3 is 0.607 bits per heavy atom. The smallest absolute Gasteiger partial charge is 0.335 e. The van der Waals surface area contributed by atoms with Gasteiger partial charge in [-0.2, -0.15) is 0 Å². The molecule has 0 atom stereocenters. The van der Waals surface area contributed by atoms with Gasteiger partial charge in [0.1, 0.15) is 59.5 Å². The van der Waals surface area contributed by atoms with Crippen molar-refractivity contribution in [1.82, 2.24) is 0 Å². The molecule has 0 aromatic heterocycles. The third-order valence-corrected chi connectivity index (χ3v) is 8.70. The molecule has 0 aromatic rings. The molecule has 0 aromatic carbocycles. The Bertz CT molecular complexity index is 1470. The summed E-state index contributed by atoms with van der Waals surface area (Å²) in [6, 6.07) is 0. The summed E-state index contributed by atoms with van der Waals surface area (Å²) in [7, 11) is 13.1. The molecule has 0 amide bonds. The number of ketones is 3. The van der Waals surface area contributed by atoms with Gasteiger partial charge in [0.15, 0.2) is 17.3 Å². The average molecular weight is 1230 g/mol. The van der Waals surface area contributed by atoms with E-state index in [2.05, 4.69) is 14.2 Å². The fourth-order valence-corrected chi connectivity index (χ4v) is 5.04. The van der Waals surface area contributed by atoms with E-state index in [4.69, 9.17) is 99.5 Å². The van der Waals surface area contributed by atoms with E-state index in [1.54, 1.807) is 21.3 Å². The number of hydrogen-bond donors (Lipinski definition) is 0. The van der Waals surface area contributed by atoms with Crippen LogP contribution in [0.4, 0.5) is 0 Å². The molecule has 0 N–H and O–H groups in total. The molecular formula is C51H90O33. The number of hydrogen-bond acceptors (Lipinski definition) is 33. The van der Waals surface area contributed by atoms with E-state index in [0.717, 1.165) is 0 Å². The fraction of sp³-hybridized carbons (Fsp3) is 0.824. The van der Waals surface area contributed by atoms with Crippen LogP contribution in [-0.2, 0) is 157 Å². The summed E-state index contributed by atoms with van der Waals surface area (Å²) in [6.45, 7) is 2.48. The second-order valence-electron chi connectivity index (χ2n) is 15.9. The molecule has 0 saturated heterocycles. The van der Waals surface area contributed by atoms with Crippen molar-refractivity contribution in [2.75, 3.05) is 242 Å². The summed E-state index contributed by atoms with van der Waals surface area (Å²) in [5, 5.41) is 0. The van der Waals surface area contributed by atoms with Crippen molar-refractivity contribution < 1.29 is 157 Å². The summed E-state index contributed by atoms with van der Waals surface area (Å²) < 4.78 is 119. The monoisotopic (exact) mass is 1230 g/mol. The number of Topliss-reactive ketones (excluding diaryl/α,β-unsaturated/α-hetero) is 3. The van der Waals surface area contributed by atoms with E-state index in [1.165, 1.54) is 42.7 Å². The number of methoxy groups -OCH3 is 9. The van der Waals surface area contributed by atoms with Gasteiger partial charge in [-0.3, -0.25) is 14.4 Å². The summed E-state index contributed by atoms with van der Waals surface area (Å²) in [6.07, 6.45) is -5.23. The molecule has 0 aliphatic heterocycles. The van der Waals surface area contributed by atoms with Crippen LogP contribution in [0.1, 0.15) is 19.3 Å². The van der Waals surface area contributed by atoms with Gasteiger partial charge in [0.2, 0.25) is 0 Å². The van der Waals surface area contributed by atoms with Crippen LogP contribution >= 0.6 is 0 Å². The van der Waals surface area contributed by atoms with Gasteiger partial charge in [-0.15, -0.1) is 0 Å². The molecule has 0 rings (SSSR count). The molecule has 0 spiro atoms. The van der Waals surface area contributed by atoms with Gasteiger partial charge in [-0.05, 0) is 0 Å². The standard InChI is InChI=1S/C23H42O14.C17H30O11.C11H18O8/c1-27-4-7-30-10-13-33-17-20(24)16-23(36-21(25)18-34-14-11-31-8-5-28-2)37-22(26)19-35-15-12-32-9-6-29-3;1-21-4-7-24-11-14(18)10-17(27-15(19)12-25-8-5-22-2)28-16(20)13-26-9-6-23-3;1-15-5-8(12)4-11(18-9(13)6-16-2)19-10(14)7-17-3/h23H,4-19H2,1-3H3;17H,4-13H2,1-3H3;11H,4-7H2,1-3H3. The number of rotatable bonds is 57. The Labute approximate surface area is 489 Å². The van der Waals surface area contributed by atoms with E-state index in [1.807, 2.05) is 0 Å². The third-order valence-electron chi connectivity index (χ3n) is 8.70. The Kier molecular flexibility index (Phi) is 63.6. The van der Waals surface area contributed by atoms with Gasteiger partial charge in [-0.1, -0.05) is 0 Å².